The van der Waals surface area contributed by atoms with Gasteiger partial charge in [-0.05, 0) is 161 Å². The predicted octanol–water partition coefficient (Wildman–Crippen LogP) is 19.7. The summed E-state index contributed by atoms with van der Waals surface area (Å²) in [5.74, 6) is 0. The first-order valence-corrected chi connectivity index (χ1v) is 25.9. The number of hydrogen-bond donors (Lipinski definition) is 0. The maximum absolute atomic E-state index is 2.45. The van der Waals surface area contributed by atoms with Crippen LogP contribution in [-0.2, 0) is 5.41 Å². The van der Waals surface area contributed by atoms with Crippen molar-refractivity contribution in [3.63, 3.8) is 0 Å². The standard InChI is InChI=1S/C71H47NS/c1-3-21-58(22-4-1)71(59-23-5-2-6-24-59)67-27-11-9-25-63(67)64-41-35-57(46-68(64)71)50-33-38-61(39-34-50)72(62-40-42-70-66(47-62)65-26-10-12-28-69(65)73-70)60-36-31-49(32-37-60)52-17-13-18-53(43-52)54-19-14-20-55(45-54)56-30-29-48-15-7-8-16-51(48)44-56/h1-47H. The van der Waals surface area contributed by atoms with E-state index in [1.54, 1.807) is 0 Å². The van der Waals surface area contributed by atoms with Crippen molar-refractivity contribution in [3.8, 4) is 55.6 Å². The van der Waals surface area contributed by atoms with Crippen molar-refractivity contribution in [2.75, 3.05) is 4.90 Å². The minimum absolute atomic E-state index is 0.456. The highest BCUT2D eigenvalue weighted by Crippen LogP contribution is 2.57. The number of rotatable bonds is 9. The lowest BCUT2D eigenvalue weighted by Gasteiger charge is -2.34. The summed E-state index contributed by atoms with van der Waals surface area (Å²) in [4.78, 5) is 2.41. The molecular weight excluding hydrogens is 899 g/mol. The van der Waals surface area contributed by atoms with Crippen LogP contribution in [-0.4, -0.2) is 0 Å². The van der Waals surface area contributed by atoms with Crippen LogP contribution in [0.15, 0.2) is 285 Å². The molecule has 1 heterocycles. The van der Waals surface area contributed by atoms with Crippen LogP contribution in [0.4, 0.5) is 17.1 Å². The largest absolute Gasteiger partial charge is 0.310 e. The Morgan fingerprint density at radius 3 is 1.41 bits per heavy atom. The Labute approximate surface area is 430 Å². The van der Waals surface area contributed by atoms with Crippen molar-refractivity contribution in [2.24, 2.45) is 0 Å². The molecule has 0 fully saturated rings. The van der Waals surface area contributed by atoms with Gasteiger partial charge < -0.3 is 4.90 Å². The van der Waals surface area contributed by atoms with Gasteiger partial charge in [-0.3, -0.25) is 0 Å². The topological polar surface area (TPSA) is 3.24 Å². The molecule has 1 aliphatic carbocycles. The molecule has 342 valence electrons. The summed E-state index contributed by atoms with van der Waals surface area (Å²) in [6.07, 6.45) is 0. The molecular formula is C71H47NS. The predicted molar refractivity (Wildman–Crippen MR) is 311 cm³/mol. The van der Waals surface area contributed by atoms with Crippen LogP contribution in [0, 0.1) is 0 Å². The Balaban J connectivity index is 0.834. The number of thiophene rings is 1. The van der Waals surface area contributed by atoms with Crippen molar-refractivity contribution in [1.29, 1.82) is 0 Å². The molecule has 14 rings (SSSR count). The van der Waals surface area contributed by atoms with Crippen LogP contribution in [0.25, 0.3) is 86.6 Å². The molecule has 2 heteroatoms. The number of nitrogens with zero attached hydrogens (tertiary/aromatic N) is 1. The monoisotopic (exact) mass is 945 g/mol. The highest BCUT2D eigenvalue weighted by atomic mass is 32.1. The summed E-state index contributed by atoms with van der Waals surface area (Å²) in [6, 6.07) is 105. The van der Waals surface area contributed by atoms with Gasteiger partial charge >= 0.3 is 0 Å². The number of hydrogen-bond acceptors (Lipinski definition) is 2. The smallest absolute Gasteiger partial charge is 0.0713 e. The van der Waals surface area contributed by atoms with E-state index in [9.17, 15) is 0 Å². The normalized spacial score (nSPS) is 12.5. The summed E-state index contributed by atoms with van der Waals surface area (Å²) >= 11 is 1.85. The third kappa shape index (κ3) is 7.29. The molecule has 0 unspecified atom stereocenters. The highest BCUT2D eigenvalue weighted by molar-refractivity contribution is 7.25. The molecule has 0 N–H and O–H groups in total. The molecule has 0 spiro atoms. The van der Waals surface area contributed by atoms with Gasteiger partial charge in [-0.2, -0.15) is 0 Å². The van der Waals surface area contributed by atoms with Gasteiger partial charge in [0.05, 0.1) is 5.41 Å². The van der Waals surface area contributed by atoms with Gasteiger partial charge in [0.1, 0.15) is 0 Å². The van der Waals surface area contributed by atoms with Gasteiger partial charge in [-0.1, -0.05) is 212 Å². The van der Waals surface area contributed by atoms with E-state index in [-0.39, 0.29) is 0 Å². The Bertz CT molecular complexity index is 4150. The first-order valence-electron chi connectivity index (χ1n) is 25.1. The summed E-state index contributed by atoms with van der Waals surface area (Å²) < 4.78 is 2.60. The Morgan fingerprint density at radius 1 is 0.260 bits per heavy atom. The van der Waals surface area contributed by atoms with Crippen LogP contribution >= 0.6 is 11.3 Å². The van der Waals surface area contributed by atoms with Gasteiger partial charge in [0.15, 0.2) is 0 Å². The molecule has 0 atom stereocenters. The van der Waals surface area contributed by atoms with Gasteiger partial charge in [-0.15, -0.1) is 11.3 Å². The molecule has 0 bridgehead atoms. The minimum atomic E-state index is -0.456. The van der Waals surface area contributed by atoms with Crippen molar-refractivity contribution < 1.29 is 0 Å². The Kier molecular flexibility index (Phi) is 10.3. The van der Waals surface area contributed by atoms with Crippen LogP contribution < -0.4 is 4.90 Å². The zero-order valence-corrected chi connectivity index (χ0v) is 40.8. The average molecular weight is 946 g/mol. The number of fused-ring (bicyclic) bond motifs is 7. The van der Waals surface area contributed by atoms with Crippen LogP contribution in [0.2, 0.25) is 0 Å². The molecule has 1 aromatic heterocycles. The van der Waals surface area contributed by atoms with E-state index in [0.29, 0.717) is 0 Å². The molecule has 0 radical (unpaired) electrons. The lowest BCUT2D eigenvalue weighted by atomic mass is 9.67. The van der Waals surface area contributed by atoms with Gasteiger partial charge in [0, 0.05) is 37.2 Å². The lowest BCUT2D eigenvalue weighted by molar-refractivity contribution is 0.769. The average Bonchev–Trinajstić information content (AvgIpc) is 3.99. The fourth-order valence-corrected chi connectivity index (χ4v) is 12.7. The number of anilines is 3. The molecule has 0 saturated heterocycles. The van der Waals surface area contributed by atoms with Crippen molar-refractivity contribution in [2.45, 2.75) is 5.41 Å². The van der Waals surface area contributed by atoms with E-state index < -0.39 is 5.41 Å². The molecule has 0 aliphatic heterocycles. The second-order valence-corrected chi connectivity index (χ2v) is 20.3. The van der Waals surface area contributed by atoms with Crippen molar-refractivity contribution in [1.82, 2.24) is 0 Å². The van der Waals surface area contributed by atoms with E-state index >= 15 is 0 Å². The zero-order chi connectivity index (χ0) is 48.3. The molecule has 0 amide bonds. The zero-order valence-electron chi connectivity index (χ0n) is 40.0. The molecule has 1 nitrogen and oxygen atoms in total. The summed E-state index contributed by atoms with van der Waals surface area (Å²) in [6.45, 7) is 0. The van der Waals surface area contributed by atoms with Crippen molar-refractivity contribution in [3.05, 3.63) is 307 Å². The SMILES string of the molecule is c1ccc(C2(c3ccccc3)c3ccccc3-c3ccc(-c4ccc(N(c5ccc(-c6cccc(-c7cccc(-c8ccc9ccccc9c8)c7)c6)cc5)c5ccc6sc7ccccc7c6c5)cc4)cc32)cc1. The van der Waals surface area contributed by atoms with Crippen LogP contribution in [0.3, 0.4) is 0 Å². The fraction of sp³-hybridized carbons (Fsp3) is 0.0141. The molecule has 13 aromatic rings. The summed E-state index contributed by atoms with van der Waals surface area (Å²) in [5, 5.41) is 5.08. The van der Waals surface area contributed by atoms with E-state index in [4.69, 9.17) is 0 Å². The first-order chi connectivity index (χ1) is 36.2. The third-order valence-corrected chi connectivity index (χ3v) is 16.3. The summed E-state index contributed by atoms with van der Waals surface area (Å²) in [7, 11) is 0. The molecule has 12 aromatic carbocycles. The maximum atomic E-state index is 2.45. The van der Waals surface area contributed by atoms with Crippen LogP contribution in [0.1, 0.15) is 22.3 Å². The highest BCUT2D eigenvalue weighted by Gasteiger charge is 2.46. The lowest BCUT2D eigenvalue weighted by Crippen LogP contribution is -2.28. The minimum Gasteiger partial charge on any atom is -0.310 e. The second kappa shape index (κ2) is 17.6. The van der Waals surface area contributed by atoms with E-state index in [1.165, 1.54) is 109 Å². The van der Waals surface area contributed by atoms with Crippen molar-refractivity contribution >= 4 is 59.3 Å². The molecule has 1 aliphatic rings. The summed E-state index contributed by atoms with van der Waals surface area (Å²) in [5.41, 5.74) is 20.2. The Hall–Kier alpha value is -9.08. The molecule has 73 heavy (non-hydrogen) atoms. The van der Waals surface area contributed by atoms with E-state index in [0.717, 1.165) is 17.1 Å². The van der Waals surface area contributed by atoms with E-state index in [1.807, 2.05) is 11.3 Å². The number of benzene rings is 12. The fourth-order valence-electron chi connectivity index (χ4n) is 11.7. The second-order valence-electron chi connectivity index (χ2n) is 19.2. The maximum Gasteiger partial charge on any atom is 0.0713 e. The molecule has 0 saturated carbocycles. The van der Waals surface area contributed by atoms with E-state index in [2.05, 4.69) is 290 Å². The third-order valence-electron chi connectivity index (χ3n) is 15.1. The first kappa shape index (κ1) is 42.8. The van der Waals surface area contributed by atoms with Gasteiger partial charge in [0.25, 0.3) is 0 Å². The van der Waals surface area contributed by atoms with Crippen LogP contribution in [0.5, 0.6) is 0 Å². The van der Waals surface area contributed by atoms with Gasteiger partial charge in [0.2, 0.25) is 0 Å². The Morgan fingerprint density at radius 2 is 0.740 bits per heavy atom. The quantitative estimate of drug-likeness (QED) is 0.139. The van der Waals surface area contributed by atoms with Gasteiger partial charge in [-0.25, -0.2) is 0 Å².